The number of aromatic nitrogens is 3. The van der Waals surface area contributed by atoms with Gasteiger partial charge in [-0.2, -0.15) is 5.10 Å². The first kappa shape index (κ1) is 13.3. The van der Waals surface area contributed by atoms with E-state index in [0.717, 1.165) is 16.6 Å². The number of hydrogen-bond donors (Lipinski definition) is 2. The Balaban J connectivity index is 2.17. The van der Waals surface area contributed by atoms with Gasteiger partial charge in [-0.05, 0) is 11.6 Å². The standard InChI is InChI=1S/C13H11Cl2N5/c14-10-3-1-2-8(12(10)15)13(19-16)9-6-18-20-5-4-17-7-11(9)20/h1-7,13,19H,16H2. The number of hydrazine groups is 1. The molecular weight excluding hydrogens is 297 g/mol. The van der Waals surface area contributed by atoms with Crippen molar-refractivity contribution < 1.29 is 0 Å². The van der Waals surface area contributed by atoms with E-state index in [1.54, 1.807) is 35.4 Å². The molecule has 1 unspecified atom stereocenters. The van der Waals surface area contributed by atoms with Gasteiger partial charge >= 0.3 is 0 Å². The highest BCUT2D eigenvalue weighted by atomic mass is 35.5. The van der Waals surface area contributed by atoms with Gasteiger partial charge in [0.15, 0.2) is 0 Å². The summed E-state index contributed by atoms with van der Waals surface area (Å²) in [5.74, 6) is 5.70. The summed E-state index contributed by atoms with van der Waals surface area (Å²) in [7, 11) is 0. The van der Waals surface area contributed by atoms with Gasteiger partial charge in [0, 0.05) is 18.0 Å². The first-order chi connectivity index (χ1) is 9.72. The largest absolute Gasteiger partial charge is 0.271 e. The van der Waals surface area contributed by atoms with Crippen molar-refractivity contribution in [3.63, 3.8) is 0 Å². The van der Waals surface area contributed by atoms with E-state index < -0.39 is 0 Å². The third-order valence-electron chi connectivity index (χ3n) is 3.12. The summed E-state index contributed by atoms with van der Waals surface area (Å²) in [6.45, 7) is 0. The third-order valence-corrected chi connectivity index (χ3v) is 3.96. The summed E-state index contributed by atoms with van der Waals surface area (Å²) < 4.78 is 1.73. The molecule has 0 amide bonds. The van der Waals surface area contributed by atoms with Crippen LogP contribution in [0, 0.1) is 0 Å². The van der Waals surface area contributed by atoms with Crippen LogP contribution < -0.4 is 11.3 Å². The molecule has 1 atom stereocenters. The number of nitrogens with two attached hydrogens (primary N) is 1. The summed E-state index contributed by atoms with van der Waals surface area (Å²) in [6.07, 6.45) is 6.90. The molecule has 5 nitrogen and oxygen atoms in total. The molecule has 3 N–H and O–H groups in total. The zero-order valence-corrected chi connectivity index (χ0v) is 11.8. The summed E-state index contributed by atoms with van der Waals surface area (Å²) >= 11 is 12.3. The van der Waals surface area contributed by atoms with Crippen molar-refractivity contribution in [1.82, 2.24) is 20.0 Å². The van der Waals surface area contributed by atoms with E-state index in [2.05, 4.69) is 15.5 Å². The second kappa shape index (κ2) is 5.38. The lowest BCUT2D eigenvalue weighted by Crippen LogP contribution is -2.29. The first-order valence-corrected chi connectivity index (χ1v) is 6.65. The Kier molecular flexibility index (Phi) is 3.58. The van der Waals surface area contributed by atoms with Crippen LogP contribution in [0.4, 0.5) is 0 Å². The Hall–Kier alpha value is -1.66. The molecule has 0 spiro atoms. The van der Waals surface area contributed by atoms with Gasteiger partial charge in [-0.25, -0.2) is 9.94 Å². The maximum atomic E-state index is 6.26. The Labute approximate surface area is 125 Å². The van der Waals surface area contributed by atoms with Crippen LogP contribution in [0.2, 0.25) is 10.0 Å². The van der Waals surface area contributed by atoms with Gasteiger partial charge in [-0.3, -0.25) is 10.8 Å². The lowest BCUT2D eigenvalue weighted by Gasteiger charge is -2.17. The smallest absolute Gasteiger partial charge is 0.0896 e. The van der Waals surface area contributed by atoms with Gasteiger partial charge in [-0.1, -0.05) is 35.3 Å². The third kappa shape index (κ3) is 2.14. The number of rotatable bonds is 3. The molecule has 1 aromatic carbocycles. The van der Waals surface area contributed by atoms with Crippen LogP contribution in [-0.2, 0) is 0 Å². The number of benzene rings is 1. The van der Waals surface area contributed by atoms with Crippen molar-refractivity contribution in [3.05, 3.63) is 64.2 Å². The van der Waals surface area contributed by atoms with Crippen LogP contribution >= 0.6 is 23.2 Å². The molecule has 0 aliphatic heterocycles. The fourth-order valence-corrected chi connectivity index (χ4v) is 2.58. The Morgan fingerprint density at radius 2 is 2.05 bits per heavy atom. The highest BCUT2D eigenvalue weighted by Gasteiger charge is 2.20. The normalized spacial score (nSPS) is 12.8. The Bertz CT molecular complexity index is 755. The lowest BCUT2D eigenvalue weighted by molar-refractivity contribution is 0.641. The topological polar surface area (TPSA) is 68.2 Å². The number of hydrogen-bond acceptors (Lipinski definition) is 4. The summed E-state index contributed by atoms with van der Waals surface area (Å²) in [5, 5.41) is 5.23. The van der Waals surface area contributed by atoms with Crippen molar-refractivity contribution in [2.75, 3.05) is 0 Å². The molecule has 0 saturated heterocycles. The Morgan fingerprint density at radius 3 is 2.85 bits per heavy atom. The minimum absolute atomic E-state index is 0.317. The molecular formula is C13H11Cl2N5. The van der Waals surface area contributed by atoms with E-state index in [-0.39, 0.29) is 6.04 Å². The fourth-order valence-electron chi connectivity index (χ4n) is 2.17. The van der Waals surface area contributed by atoms with Crippen molar-refractivity contribution in [2.24, 2.45) is 5.84 Å². The van der Waals surface area contributed by atoms with Crippen LogP contribution in [0.25, 0.3) is 5.52 Å². The first-order valence-electron chi connectivity index (χ1n) is 5.89. The monoisotopic (exact) mass is 307 g/mol. The van der Waals surface area contributed by atoms with Crippen molar-refractivity contribution in [1.29, 1.82) is 0 Å². The van der Waals surface area contributed by atoms with E-state index in [0.29, 0.717) is 10.0 Å². The highest BCUT2D eigenvalue weighted by molar-refractivity contribution is 6.42. The predicted molar refractivity (Wildman–Crippen MR) is 78.6 cm³/mol. The molecule has 102 valence electrons. The average Bonchev–Trinajstić information content (AvgIpc) is 2.88. The maximum Gasteiger partial charge on any atom is 0.0896 e. The summed E-state index contributed by atoms with van der Waals surface area (Å²) in [6, 6.07) is 5.12. The summed E-state index contributed by atoms with van der Waals surface area (Å²) in [4.78, 5) is 4.11. The second-order valence-corrected chi connectivity index (χ2v) is 5.03. The van der Waals surface area contributed by atoms with Gasteiger partial charge < -0.3 is 0 Å². The molecule has 0 radical (unpaired) electrons. The number of fused-ring (bicyclic) bond motifs is 1. The number of nitrogens with zero attached hydrogens (tertiary/aromatic N) is 3. The molecule has 3 rings (SSSR count). The number of nitrogens with one attached hydrogen (secondary N) is 1. The van der Waals surface area contributed by atoms with Crippen LogP contribution in [0.1, 0.15) is 17.2 Å². The molecule has 3 aromatic rings. The molecule has 0 fully saturated rings. The number of halogens is 2. The highest BCUT2D eigenvalue weighted by Crippen LogP contribution is 2.33. The molecule has 0 aliphatic rings. The molecule has 0 saturated carbocycles. The molecule has 0 aliphatic carbocycles. The van der Waals surface area contributed by atoms with Gasteiger partial charge in [-0.15, -0.1) is 0 Å². The second-order valence-electron chi connectivity index (χ2n) is 4.25. The van der Waals surface area contributed by atoms with E-state index in [4.69, 9.17) is 29.0 Å². The molecule has 2 heterocycles. The predicted octanol–water partition coefficient (Wildman–Crippen LogP) is 2.59. The molecule has 2 aromatic heterocycles. The molecule has 7 heteroatoms. The van der Waals surface area contributed by atoms with E-state index >= 15 is 0 Å². The average molecular weight is 308 g/mol. The quantitative estimate of drug-likeness (QED) is 0.576. The van der Waals surface area contributed by atoms with Gasteiger partial charge in [0.25, 0.3) is 0 Å². The van der Waals surface area contributed by atoms with Gasteiger partial charge in [0.2, 0.25) is 0 Å². The van der Waals surface area contributed by atoms with Crippen molar-refractivity contribution in [3.8, 4) is 0 Å². The zero-order valence-electron chi connectivity index (χ0n) is 10.3. The Morgan fingerprint density at radius 1 is 1.20 bits per heavy atom. The van der Waals surface area contributed by atoms with Crippen LogP contribution in [-0.4, -0.2) is 14.6 Å². The zero-order chi connectivity index (χ0) is 14.1. The molecule has 20 heavy (non-hydrogen) atoms. The van der Waals surface area contributed by atoms with Gasteiger partial charge in [0.1, 0.15) is 0 Å². The van der Waals surface area contributed by atoms with Crippen LogP contribution in [0.15, 0.2) is 43.0 Å². The van der Waals surface area contributed by atoms with E-state index in [1.807, 2.05) is 12.1 Å². The maximum absolute atomic E-state index is 6.26. The minimum Gasteiger partial charge on any atom is -0.271 e. The minimum atomic E-state index is -0.317. The SMILES string of the molecule is NNC(c1cccc(Cl)c1Cl)c1cnn2ccncc12. The van der Waals surface area contributed by atoms with Crippen LogP contribution in [0.5, 0.6) is 0 Å². The van der Waals surface area contributed by atoms with E-state index in [1.165, 1.54) is 0 Å². The van der Waals surface area contributed by atoms with Crippen molar-refractivity contribution in [2.45, 2.75) is 6.04 Å². The van der Waals surface area contributed by atoms with Crippen molar-refractivity contribution >= 4 is 28.7 Å². The fraction of sp³-hybridized carbons (Fsp3) is 0.0769. The van der Waals surface area contributed by atoms with E-state index in [9.17, 15) is 0 Å². The van der Waals surface area contributed by atoms with Gasteiger partial charge in [0.05, 0.1) is 34.0 Å². The molecule has 0 bridgehead atoms. The van der Waals surface area contributed by atoms with Crippen LogP contribution in [0.3, 0.4) is 0 Å². The summed E-state index contributed by atoms with van der Waals surface area (Å²) in [5.41, 5.74) is 5.28. The lowest BCUT2D eigenvalue weighted by atomic mass is 10.0.